The molecule has 3 amide bonds. The van der Waals surface area contributed by atoms with Crippen LogP contribution < -0.4 is 15.4 Å². The van der Waals surface area contributed by atoms with E-state index in [9.17, 15) is 14.4 Å². The molecule has 0 saturated heterocycles. The van der Waals surface area contributed by atoms with Gasteiger partial charge in [0.2, 0.25) is 0 Å². The van der Waals surface area contributed by atoms with Crippen LogP contribution in [0.1, 0.15) is 32.3 Å². The highest BCUT2D eigenvalue weighted by Gasteiger charge is 2.20. The molecule has 7 nitrogen and oxygen atoms in total. The lowest BCUT2D eigenvalue weighted by molar-refractivity contribution is -0.156. The Labute approximate surface area is 135 Å². The maximum Gasteiger partial charge on any atom is 0.344 e. The van der Waals surface area contributed by atoms with Crippen LogP contribution in [0.2, 0.25) is 0 Å². The number of carbonyl (C=O) groups is 3. The molecule has 0 bridgehead atoms. The Morgan fingerprint density at radius 2 is 1.78 bits per heavy atom. The molecule has 23 heavy (non-hydrogen) atoms. The minimum absolute atomic E-state index is 0.250. The van der Waals surface area contributed by atoms with E-state index in [0.717, 1.165) is 5.56 Å². The van der Waals surface area contributed by atoms with Crippen molar-refractivity contribution in [3.05, 3.63) is 29.8 Å². The zero-order valence-electron chi connectivity index (χ0n) is 13.7. The SMILES string of the molecule is CNC(=O)NC(=O)[C@@H](C)OC(=O)COc1ccccc1C(C)C. The molecule has 1 aromatic rings. The molecule has 1 rings (SSSR count). The maximum atomic E-state index is 11.7. The fourth-order valence-electron chi connectivity index (χ4n) is 1.79. The topological polar surface area (TPSA) is 93.7 Å². The van der Waals surface area contributed by atoms with Crippen LogP contribution in [0.25, 0.3) is 0 Å². The van der Waals surface area contributed by atoms with Crippen LogP contribution in [0.15, 0.2) is 24.3 Å². The number of hydrogen-bond acceptors (Lipinski definition) is 5. The van der Waals surface area contributed by atoms with Gasteiger partial charge in [0.05, 0.1) is 0 Å². The molecule has 1 atom stereocenters. The molecule has 0 aliphatic carbocycles. The van der Waals surface area contributed by atoms with Crippen molar-refractivity contribution < 1.29 is 23.9 Å². The quantitative estimate of drug-likeness (QED) is 0.776. The number of rotatable bonds is 6. The monoisotopic (exact) mass is 322 g/mol. The molecule has 0 aliphatic heterocycles. The second kappa shape index (κ2) is 8.77. The van der Waals surface area contributed by atoms with Crippen molar-refractivity contribution in [2.24, 2.45) is 0 Å². The lowest BCUT2D eigenvalue weighted by Gasteiger charge is -2.15. The number of benzene rings is 1. The number of nitrogens with one attached hydrogen (secondary N) is 2. The summed E-state index contributed by atoms with van der Waals surface area (Å²) in [5.74, 6) is -0.551. The fourth-order valence-corrected chi connectivity index (χ4v) is 1.79. The third kappa shape index (κ3) is 5.98. The van der Waals surface area contributed by atoms with Gasteiger partial charge in [-0.05, 0) is 24.5 Å². The normalized spacial score (nSPS) is 11.5. The highest BCUT2D eigenvalue weighted by Crippen LogP contribution is 2.25. The van der Waals surface area contributed by atoms with E-state index in [-0.39, 0.29) is 12.5 Å². The van der Waals surface area contributed by atoms with Crippen molar-refractivity contribution in [3.8, 4) is 5.75 Å². The van der Waals surface area contributed by atoms with E-state index in [1.54, 1.807) is 6.07 Å². The number of imide groups is 1. The lowest BCUT2D eigenvalue weighted by atomic mass is 10.0. The number of para-hydroxylation sites is 1. The summed E-state index contributed by atoms with van der Waals surface area (Å²) >= 11 is 0. The Kier molecular flexibility index (Phi) is 7.05. The molecule has 126 valence electrons. The predicted molar refractivity (Wildman–Crippen MR) is 84.2 cm³/mol. The Bertz CT molecular complexity index is 571. The minimum atomic E-state index is -1.09. The van der Waals surface area contributed by atoms with Crippen molar-refractivity contribution in [1.82, 2.24) is 10.6 Å². The molecular weight excluding hydrogens is 300 g/mol. The van der Waals surface area contributed by atoms with Crippen LogP contribution in [0.4, 0.5) is 4.79 Å². The van der Waals surface area contributed by atoms with Gasteiger partial charge in [-0.1, -0.05) is 32.0 Å². The summed E-state index contributed by atoms with van der Waals surface area (Å²) in [5, 5.41) is 4.26. The van der Waals surface area contributed by atoms with Crippen molar-refractivity contribution in [2.45, 2.75) is 32.8 Å². The van der Waals surface area contributed by atoms with Gasteiger partial charge >= 0.3 is 12.0 Å². The van der Waals surface area contributed by atoms with Crippen molar-refractivity contribution in [3.63, 3.8) is 0 Å². The summed E-state index contributed by atoms with van der Waals surface area (Å²) < 4.78 is 10.4. The Hall–Kier alpha value is -2.57. The van der Waals surface area contributed by atoms with Crippen molar-refractivity contribution >= 4 is 17.9 Å². The molecule has 0 radical (unpaired) electrons. The Morgan fingerprint density at radius 1 is 1.13 bits per heavy atom. The van der Waals surface area contributed by atoms with Crippen molar-refractivity contribution in [2.75, 3.05) is 13.7 Å². The summed E-state index contributed by atoms with van der Waals surface area (Å²) in [4.78, 5) is 34.3. The molecule has 0 saturated carbocycles. The van der Waals surface area contributed by atoms with E-state index < -0.39 is 24.0 Å². The van der Waals surface area contributed by atoms with Crippen LogP contribution in [0.5, 0.6) is 5.75 Å². The van der Waals surface area contributed by atoms with Gasteiger partial charge in [0.15, 0.2) is 12.7 Å². The number of urea groups is 1. The molecule has 0 heterocycles. The average molecular weight is 322 g/mol. The van der Waals surface area contributed by atoms with E-state index >= 15 is 0 Å². The summed E-state index contributed by atoms with van der Waals surface area (Å²) in [6, 6.07) is 6.73. The van der Waals surface area contributed by atoms with Crippen LogP contribution >= 0.6 is 0 Å². The van der Waals surface area contributed by atoms with Gasteiger partial charge in [-0.3, -0.25) is 10.1 Å². The molecule has 0 aromatic heterocycles. The number of ether oxygens (including phenoxy) is 2. The second-order valence-corrected chi connectivity index (χ2v) is 5.18. The van der Waals surface area contributed by atoms with Crippen LogP contribution in [-0.4, -0.2) is 37.7 Å². The van der Waals surface area contributed by atoms with Gasteiger partial charge in [-0.2, -0.15) is 0 Å². The van der Waals surface area contributed by atoms with E-state index in [0.29, 0.717) is 5.75 Å². The average Bonchev–Trinajstić information content (AvgIpc) is 2.52. The van der Waals surface area contributed by atoms with E-state index in [1.807, 2.05) is 37.4 Å². The highest BCUT2D eigenvalue weighted by molar-refractivity contribution is 5.97. The standard InChI is InChI=1S/C16H22N2O5/c1-10(2)12-7-5-6-8-13(12)22-9-14(19)23-11(3)15(20)18-16(21)17-4/h5-8,10-11H,9H2,1-4H3,(H2,17,18,20,21)/t11-/m1/s1. The van der Waals surface area contributed by atoms with Crippen LogP contribution in [0.3, 0.4) is 0 Å². The number of amides is 3. The summed E-state index contributed by atoms with van der Waals surface area (Å²) in [7, 11) is 1.37. The predicted octanol–water partition coefficient (Wildman–Crippen LogP) is 1.58. The third-order valence-electron chi connectivity index (χ3n) is 3.03. The lowest BCUT2D eigenvalue weighted by Crippen LogP contribution is -2.43. The third-order valence-corrected chi connectivity index (χ3v) is 3.03. The fraction of sp³-hybridized carbons (Fsp3) is 0.438. The molecule has 7 heteroatoms. The summed E-state index contributed by atoms with van der Waals surface area (Å²) in [5.41, 5.74) is 0.978. The molecule has 0 aliphatic rings. The van der Waals surface area contributed by atoms with Gasteiger partial charge < -0.3 is 14.8 Å². The van der Waals surface area contributed by atoms with Crippen LogP contribution in [0, 0.1) is 0 Å². The zero-order valence-corrected chi connectivity index (χ0v) is 13.7. The summed E-state index contributed by atoms with van der Waals surface area (Å²) in [6.07, 6.45) is -1.09. The Balaban J connectivity index is 2.51. The zero-order chi connectivity index (χ0) is 17.4. The minimum Gasteiger partial charge on any atom is -0.482 e. The van der Waals surface area contributed by atoms with Gasteiger partial charge in [-0.15, -0.1) is 0 Å². The molecular formula is C16H22N2O5. The van der Waals surface area contributed by atoms with Crippen LogP contribution in [-0.2, 0) is 14.3 Å². The summed E-state index contributed by atoms with van der Waals surface area (Å²) in [6.45, 7) is 5.09. The van der Waals surface area contributed by atoms with E-state index in [1.165, 1.54) is 14.0 Å². The van der Waals surface area contributed by atoms with Gasteiger partial charge in [0.1, 0.15) is 5.75 Å². The molecule has 1 aromatic carbocycles. The maximum absolute atomic E-state index is 11.7. The first-order valence-electron chi connectivity index (χ1n) is 7.29. The van der Waals surface area contributed by atoms with E-state index in [2.05, 4.69) is 5.32 Å². The molecule has 0 spiro atoms. The molecule has 2 N–H and O–H groups in total. The first kappa shape index (κ1) is 18.5. The molecule has 0 unspecified atom stereocenters. The highest BCUT2D eigenvalue weighted by atomic mass is 16.6. The molecule has 0 fully saturated rings. The first-order valence-corrected chi connectivity index (χ1v) is 7.29. The van der Waals surface area contributed by atoms with Crippen molar-refractivity contribution in [1.29, 1.82) is 0 Å². The largest absolute Gasteiger partial charge is 0.482 e. The smallest absolute Gasteiger partial charge is 0.344 e. The Morgan fingerprint density at radius 3 is 2.39 bits per heavy atom. The number of esters is 1. The van der Waals surface area contributed by atoms with Gasteiger partial charge in [0, 0.05) is 7.05 Å². The van der Waals surface area contributed by atoms with Gasteiger partial charge in [-0.25, -0.2) is 9.59 Å². The van der Waals surface area contributed by atoms with E-state index in [4.69, 9.17) is 9.47 Å². The number of carbonyl (C=O) groups excluding carboxylic acids is 3. The second-order valence-electron chi connectivity index (χ2n) is 5.18. The first-order chi connectivity index (χ1) is 10.8. The van der Waals surface area contributed by atoms with Gasteiger partial charge in [0.25, 0.3) is 5.91 Å². The number of hydrogen-bond donors (Lipinski definition) is 2.